The molecule has 2 atom stereocenters. The third-order valence-corrected chi connectivity index (χ3v) is 1.64. The van der Waals surface area contributed by atoms with E-state index in [9.17, 15) is 0 Å². The smallest absolute Gasteiger partial charge is 0.0958 e. The minimum atomic E-state index is -0.0972. The van der Waals surface area contributed by atoms with Crippen LogP contribution in [0, 0.1) is 0 Å². The van der Waals surface area contributed by atoms with Gasteiger partial charge in [0.25, 0.3) is 0 Å². The van der Waals surface area contributed by atoms with Crippen LogP contribution in [0.5, 0.6) is 0 Å². The molecule has 0 heterocycles. The van der Waals surface area contributed by atoms with Gasteiger partial charge >= 0.3 is 0 Å². The lowest BCUT2D eigenvalue weighted by Crippen LogP contribution is -2.40. The van der Waals surface area contributed by atoms with Crippen LogP contribution in [0.25, 0.3) is 0 Å². The van der Waals surface area contributed by atoms with E-state index in [0.717, 1.165) is 0 Å². The Morgan fingerprint density at radius 3 is 2.18 bits per heavy atom. The van der Waals surface area contributed by atoms with Gasteiger partial charge in [0.15, 0.2) is 0 Å². The average molecular weight is 161 g/mol. The van der Waals surface area contributed by atoms with Crippen molar-refractivity contribution in [3.63, 3.8) is 0 Å². The number of ether oxygens (including phenoxy) is 1. The van der Waals surface area contributed by atoms with Gasteiger partial charge in [-0.1, -0.05) is 0 Å². The molecule has 0 aromatic rings. The first-order chi connectivity index (χ1) is 5.11. The predicted molar refractivity (Wildman–Crippen MR) is 45.6 cm³/mol. The fourth-order valence-corrected chi connectivity index (χ4v) is 0.854. The molecule has 0 aliphatic rings. The Balaban J connectivity index is 3.74. The summed E-state index contributed by atoms with van der Waals surface area (Å²) in [5, 5.41) is 11.9. The summed E-state index contributed by atoms with van der Waals surface area (Å²) in [6, 6.07) is 0.197. The molecule has 0 spiro atoms. The SMILES string of the molecule is CN[C@H](C)[C@@H](CO)OC(C)C. The molecule has 0 bridgehead atoms. The zero-order valence-electron chi connectivity index (χ0n) is 7.79. The molecule has 0 saturated heterocycles. The molecule has 0 saturated carbocycles. The van der Waals surface area contributed by atoms with E-state index < -0.39 is 0 Å². The summed E-state index contributed by atoms with van der Waals surface area (Å²) in [4.78, 5) is 0. The van der Waals surface area contributed by atoms with E-state index in [2.05, 4.69) is 5.32 Å². The van der Waals surface area contributed by atoms with Gasteiger partial charge in [0.05, 0.1) is 18.8 Å². The monoisotopic (exact) mass is 161 g/mol. The van der Waals surface area contributed by atoms with E-state index in [1.165, 1.54) is 0 Å². The van der Waals surface area contributed by atoms with Crippen molar-refractivity contribution in [3.8, 4) is 0 Å². The zero-order chi connectivity index (χ0) is 8.85. The normalized spacial score (nSPS) is 16.9. The van der Waals surface area contributed by atoms with Crippen molar-refractivity contribution in [2.45, 2.75) is 39.0 Å². The fourth-order valence-electron chi connectivity index (χ4n) is 0.854. The molecule has 0 aromatic heterocycles. The molecule has 11 heavy (non-hydrogen) atoms. The molecule has 2 N–H and O–H groups in total. The molecule has 0 amide bonds. The predicted octanol–water partition coefficient (Wildman–Crippen LogP) is 0.380. The van der Waals surface area contributed by atoms with Gasteiger partial charge in [-0.3, -0.25) is 0 Å². The molecule has 0 fully saturated rings. The van der Waals surface area contributed by atoms with Crippen LogP contribution in [0.1, 0.15) is 20.8 Å². The maximum Gasteiger partial charge on any atom is 0.0958 e. The molecule has 0 aliphatic carbocycles. The highest BCUT2D eigenvalue weighted by molar-refractivity contribution is 4.70. The van der Waals surface area contributed by atoms with Crippen LogP contribution < -0.4 is 5.32 Å². The average Bonchev–Trinajstić information content (AvgIpc) is 1.98. The lowest BCUT2D eigenvalue weighted by molar-refractivity contribution is -0.0381. The lowest BCUT2D eigenvalue weighted by atomic mass is 10.2. The van der Waals surface area contributed by atoms with Crippen LogP contribution in [-0.4, -0.2) is 37.0 Å². The highest BCUT2D eigenvalue weighted by Gasteiger charge is 2.15. The van der Waals surface area contributed by atoms with Crippen LogP contribution in [0.2, 0.25) is 0 Å². The standard InChI is InChI=1S/C8H19NO2/c1-6(2)11-8(5-10)7(3)9-4/h6-10H,5H2,1-4H3/t7-,8-/m1/s1. The molecule has 0 aliphatic heterocycles. The number of rotatable bonds is 5. The Hall–Kier alpha value is -0.120. The van der Waals surface area contributed by atoms with Crippen molar-refractivity contribution in [1.29, 1.82) is 0 Å². The number of hydrogen-bond donors (Lipinski definition) is 2. The molecule has 3 nitrogen and oxygen atoms in total. The second kappa shape index (κ2) is 5.52. The van der Waals surface area contributed by atoms with Crippen molar-refractivity contribution in [2.75, 3.05) is 13.7 Å². The number of aliphatic hydroxyl groups is 1. The number of likely N-dealkylation sites (N-methyl/N-ethyl adjacent to an activating group) is 1. The molecule has 0 aromatic carbocycles. The first-order valence-corrected chi connectivity index (χ1v) is 4.05. The first kappa shape index (κ1) is 10.9. The van der Waals surface area contributed by atoms with Crippen LogP contribution in [0.3, 0.4) is 0 Å². The van der Waals surface area contributed by atoms with Crippen molar-refractivity contribution in [3.05, 3.63) is 0 Å². The van der Waals surface area contributed by atoms with Gasteiger partial charge in [-0.15, -0.1) is 0 Å². The van der Waals surface area contributed by atoms with E-state index in [1.807, 2.05) is 27.8 Å². The van der Waals surface area contributed by atoms with E-state index >= 15 is 0 Å². The van der Waals surface area contributed by atoms with Crippen LogP contribution in [0.15, 0.2) is 0 Å². The fraction of sp³-hybridized carbons (Fsp3) is 1.00. The Morgan fingerprint density at radius 2 is 1.91 bits per heavy atom. The second-order valence-electron chi connectivity index (χ2n) is 2.98. The quantitative estimate of drug-likeness (QED) is 0.612. The van der Waals surface area contributed by atoms with Gasteiger partial charge in [0.1, 0.15) is 0 Å². The van der Waals surface area contributed by atoms with Gasteiger partial charge < -0.3 is 15.2 Å². The van der Waals surface area contributed by atoms with Gasteiger partial charge in [-0.05, 0) is 27.8 Å². The van der Waals surface area contributed by atoms with Crippen molar-refractivity contribution in [1.82, 2.24) is 5.32 Å². The summed E-state index contributed by atoms with van der Waals surface area (Å²) in [6.45, 7) is 5.99. The Morgan fingerprint density at radius 1 is 1.36 bits per heavy atom. The Kier molecular flexibility index (Phi) is 5.46. The maximum atomic E-state index is 8.91. The molecule has 0 radical (unpaired) electrons. The van der Waals surface area contributed by atoms with Gasteiger partial charge in [-0.2, -0.15) is 0 Å². The summed E-state index contributed by atoms with van der Waals surface area (Å²) in [7, 11) is 1.86. The lowest BCUT2D eigenvalue weighted by Gasteiger charge is -2.23. The summed E-state index contributed by atoms with van der Waals surface area (Å²) in [5.74, 6) is 0. The second-order valence-corrected chi connectivity index (χ2v) is 2.98. The number of hydrogen-bond acceptors (Lipinski definition) is 3. The Labute approximate surface area is 68.8 Å². The topological polar surface area (TPSA) is 41.5 Å². The minimum absolute atomic E-state index is 0.0696. The molecular weight excluding hydrogens is 142 g/mol. The van der Waals surface area contributed by atoms with Crippen molar-refractivity contribution in [2.24, 2.45) is 0 Å². The van der Waals surface area contributed by atoms with E-state index in [0.29, 0.717) is 0 Å². The minimum Gasteiger partial charge on any atom is -0.394 e. The summed E-state index contributed by atoms with van der Waals surface area (Å²) in [6.07, 6.45) is 0.0722. The van der Waals surface area contributed by atoms with E-state index in [-0.39, 0.29) is 24.9 Å². The third kappa shape index (κ3) is 4.35. The summed E-state index contributed by atoms with van der Waals surface area (Å²) in [5.41, 5.74) is 0. The highest BCUT2D eigenvalue weighted by Crippen LogP contribution is 2.01. The van der Waals surface area contributed by atoms with Crippen molar-refractivity contribution >= 4 is 0 Å². The van der Waals surface area contributed by atoms with Gasteiger partial charge in [-0.25, -0.2) is 0 Å². The maximum absolute atomic E-state index is 8.91. The highest BCUT2D eigenvalue weighted by atomic mass is 16.5. The van der Waals surface area contributed by atoms with Gasteiger partial charge in [0, 0.05) is 6.04 Å². The molecular formula is C8H19NO2. The van der Waals surface area contributed by atoms with Gasteiger partial charge in [0.2, 0.25) is 0 Å². The summed E-state index contributed by atoms with van der Waals surface area (Å²) < 4.78 is 5.44. The van der Waals surface area contributed by atoms with E-state index in [4.69, 9.17) is 9.84 Å². The van der Waals surface area contributed by atoms with E-state index in [1.54, 1.807) is 0 Å². The molecule has 68 valence electrons. The van der Waals surface area contributed by atoms with Crippen LogP contribution in [0.4, 0.5) is 0 Å². The Bertz CT molecular complexity index is 96.1. The molecule has 0 unspecified atom stereocenters. The van der Waals surface area contributed by atoms with Crippen LogP contribution >= 0.6 is 0 Å². The number of nitrogens with one attached hydrogen (secondary N) is 1. The van der Waals surface area contributed by atoms with Crippen LogP contribution in [-0.2, 0) is 4.74 Å². The summed E-state index contributed by atoms with van der Waals surface area (Å²) >= 11 is 0. The number of aliphatic hydroxyl groups excluding tert-OH is 1. The largest absolute Gasteiger partial charge is 0.394 e. The zero-order valence-corrected chi connectivity index (χ0v) is 7.79. The van der Waals surface area contributed by atoms with Crippen molar-refractivity contribution < 1.29 is 9.84 Å². The first-order valence-electron chi connectivity index (χ1n) is 4.05. The third-order valence-electron chi connectivity index (χ3n) is 1.64. The molecule has 0 rings (SSSR count). The molecule has 3 heteroatoms.